The minimum Gasteiger partial charge on any atom is -0.356 e. The maximum absolute atomic E-state index is 12.4. The van der Waals surface area contributed by atoms with Crippen LogP contribution in [0.25, 0.3) is 0 Å². The molecule has 0 bridgehead atoms. The molecule has 98 valence electrons. The van der Waals surface area contributed by atoms with Crippen molar-refractivity contribution < 1.29 is 11.0 Å². The lowest BCUT2D eigenvalue weighted by Gasteiger charge is -2.21. The van der Waals surface area contributed by atoms with Crippen molar-refractivity contribution >= 4 is 11.8 Å². The molecule has 2 aliphatic heterocycles. The highest BCUT2D eigenvalue weighted by Crippen LogP contribution is 2.27. The molecule has 3 rings (SSSR count). The second-order valence-electron chi connectivity index (χ2n) is 4.75. The highest BCUT2D eigenvalue weighted by atomic mass is 16.2. The molecule has 6 nitrogen and oxygen atoms in total. The zero-order chi connectivity index (χ0) is 14.3. The molecule has 1 aromatic rings. The van der Waals surface area contributed by atoms with Crippen molar-refractivity contribution in [2.45, 2.75) is 12.0 Å². The van der Waals surface area contributed by atoms with Gasteiger partial charge >= 0.3 is 0 Å². The summed E-state index contributed by atoms with van der Waals surface area (Å²) >= 11 is 0. The summed E-state index contributed by atoms with van der Waals surface area (Å²) in [7, 11) is 0. The lowest BCUT2D eigenvalue weighted by molar-refractivity contribution is -0.123. The summed E-state index contributed by atoms with van der Waals surface area (Å²) in [6, 6.07) is 3.22. The first-order chi connectivity index (χ1) is 9.52. The van der Waals surface area contributed by atoms with Crippen LogP contribution in [-0.4, -0.2) is 40.3 Å². The third-order valence-electron chi connectivity index (χ3n) is 3.45. The van der Waals surface area contributed by atoms with Crippen LogP contribution in [0, 0.1) is 0 Å². The molecule has 0 saturated carbocycles. The van der Waals surface area contributed by atoms with Gasteiger partial charge in [0.05, 0.1) is 13.7 Å². The molecular weight excluding hydrogens is 244 g/mol. The maximum atomic E-state index is 12.4. The maximum Gasteiger partial charge on any atom is 0.272 e. The molecule has 1 atom stereocenters. The van der Waals surface area contributed by atoms with Gasteiger partial charge < -0.3 is 15.5 Å². The van der Waals surface area contributed by atoms with Gasteiger partial charge in [-0.05, 0) is 18.5 Å². The Balaban J connectivity index is 1.81. The molecule has 2 amide bonds. The van der Waals surface area contributed by atoms with Gasteiger partial charge in [0.25, 0.3) is 11.8 Å². The van der Waals surface area contributed by atoms with Crippen LogP contribution in [0.4, 0.5) is 0 Å². The van der Waals surface area contributed by atoms with Gasteiger partial charge in [0.1, 0.15) is 11.2 Å². The SMILES string of the molecule is [3H]c1cccnc1C(=O)N1CCC2(C1)NC(=C)NC2=O. The first-order valence-electron chi connectivity index (χ1n) is 6.51. The molecule has 1 unspecified atom stereocenters. The Hall–Kier alpha value is -2.37. The minimum atomic E-state index is -0.788. The van der Waals surface area contributed by atoms with E-state index in [2.05, 4.69) is 22.2 Å². The largest absolute Gasteiger partial charge is 0.356 e. The van der Waals surface area contributed by atoms with Crippen LogP contribution in [0.3, 0.4) is 0 Å². The average Bonchev–Trinajstić information content (AvgIpc) is 2.95. The molecule has 19 heavy (non-hydrogen) atoms. The van der Waals surface area contributed by atoms with E-state index in [0.29, 0.717) is 18.8 Å². The van der Waals surface area contributed by atoms with Crippen molar-refractivity contribution in [3.63, 3.8) is 0 Å². The van der Waals surface area contributed by atoms with E-state index in [1.165, 1.54) is 12.3 Å². The fourth-order valence-electron chi connectivity index (χ4n) is 2.50. The first kappa shape index (κ1) is 10.5. The van der Waals surface area contributed by atoms with Gasteiger partial charge in [-0.25, -0.2) is 0 Å². The van der Waals surface area contributed by atoms with Crippen molar-refractivity contribution in [3.8, 4) is 0 Å². The monoisotopic (exact) mass is 260 g/mol. The Morgan fingerprint density at radius 1 is 1.58 bits per heavy atom. The highest BCUT2D eigenvalue weighted by molar-refractivity contribution is 5.96. The van der Waals surface area contributed by atoms with E-state index < -0.39 is 5.54 Å². The molecule has 0 radical (unpaired) electrons. The van der Waals surface area contributed by atoms with Gasteiger partial charge in [-0.2, -0.15) is 0 Å². The number of amides is 2. The van der Waals surface area contributed by atoms with E-state index in [9.17, 15) is 9.59 Å². The van der Waals surface area contributed by atoms with Crippen molar-refractivity contribution in [1.82, 2.24) is 20.5 Å². The number of nitrogens with one attached hydrogen (secondary N) is 2. The molecule has 3 heterocycles. The summed E-state index contributed by atoms with van der Waals surface area (Å²) in [4.78, 5) is 29.8. The van der Waals surface area contributed by atoms with Crippen LogP contribution in [0.2, 0.25) is 0 Å². The first-order valence-corrected chi connectivity index (χ1v) is 6.01. The molecule has 1 aromatic heterocycles. The van der Waals surface area contributed by atoms with Gasteiger partial charge in [0.15, 0.2) is 0 Å². The van der Waals surface area contributed by atoms with E-state index in [-0.39, 0.29) is 30.1 Å². The number of carbonyl (C=O) groups excluding carboxylic acids is 2. The average molecular weight is 260 g/mol. The smallest absolute Gasteiger partial charge is 0.272 e. The number of rotatable bonds is 1. The second-order valence-corrected chi connectivity index (χ2v) is 4.75. The molecule has 2 aliphatic rings. The van der Waals surface area contributed by atoms with Crippen molar-refractivity contribution in [2.75, 3.05) is 13.1 Å². The van der Waals surface area contributed by atoms with Gasteiger partial charge in [0.2, 0.25) is 0 Å². The van der Waals surface area contributed by atoms with Gasteiger partial charge in [-0.15, -0.1) is 0 Å². The molecule has 6 heteroatoms. The van der Waals surface area contributed by atoms with Gasteiger partial charge in [-0.1, -0.05) is 12.6 Å². The summed E-state index contributed by atoms with van der Waals surface area (Å²) in [5.74, 6) is -0.0205. The molecule has 2 N–H and O–H groups in total. The van der Waals surface area contributed by atoms with Crippen LogP contribution in [-0.2, 0) is 4.79 Å². The Kier molecular flexibility index (Phi) is 2.26. The quantitative estimate of drug-likeness (QED) is 0.737. The lowest BCUT2D eigenvalue weighted by atomic mass is 9.99. The predicted octanol–water partition coefficient (Wildman–Crippen LogP) is -0.143. The molecule has 1 spiro atoms. The Morgan fingerprint density at radius 2 is 2.42 bits per heavy atom. The zero-order valence-electron chi connectivity index (χ0n) is 11.3. The summed E-state index contributed by atoms with van der Waals surface area (Å²) in [6.07, 6.45) is 2.00. The third kappa shape index (κ3) is 1.85. The van der Waals surface area contributed by atoms with Crippen LogP contribution >= 0.6 is 0 Å². The Labute approximate surface area is 111 Å². The summed E-state index contributed by atoms with van der Waals surface area (Å²) in [5.41, 5.74) is -0.675. The standard InChI is InChI=1S/C13H14N4O2/c1-9-15-12(19)13(16-9)5-7-17(8-13)11(18)10-4-2-3-6-14-10/h2-4,6,16H,1,5,7-8H2,(H,15,19)/i4T. The number of nitrogens with zero attached hydrogens (tertiary/aromatic N) is 2. The number of pyridine rings is 1. The molecule has 0 aromatic carbocycles. The normalized spacial score (nSPS) is 26.3. The van der Waals surface area contributed by atoms with E-state index >= 15 is 0 Å². The molecule has 2 fully saturated rings. The third-order valence-corrected chi connectivity index (χ3v) is 3.45. The van der Waals surface area contributed by atoms with Crippen LogP contribution in [0.5, 0.6) is 0 Å². The van der Waals surface area contributed by atoms with Crippen LogP contribution in [0.1, 0.15) is 18.3 Å². The Morgan fingerprint density at radius 3 is 3.11 bits per heavy atom. The van der Waals surface area contributed by atoms with E-state index in [4.69, 9.17) is 1.37 Å². The number of carbonyl (C=O) groups is 2. The Bertz CT molecular complexity index is 618. The fraction of sp³-hybridized carbons (Fsp3) is 0.308. The van der Waals surface area contributed by atoms with E-state index in [1.807, 2.05) is 0 Å². The zero-order valence-corrected chi connectivity index (χ0v) is 10.3. The van der Waals surface area contributed by atoms with Gasteiger partial charge in [0, 0.05) is 12.7 Å². The van der Waals surface area contributed by atoms with E-state index in [1.54, 1.807) is 11.0 Å². The van der Waals surface area contributed by atoms with Crippen LogP contribution in [0.15, 0.2) is 36.8 Å². The topological polar surface area (TPSA) is 74.3 Å². The lowest BCUT2D eigenvalue weighted by Crippen LogP contribution is -2.49. The van der Waals surface area contributed by atoms with Crippen molar-refractivity contribution in [2.24, 2.45) is 0 Å². The number of hydrogen-bond donors (Lipinski definition) is 2. The molecule has 0 aliphatic carbocycles. The van der Waals surface area contributed by atoms with Crippen molar-refractivity contribution in [3.05, 3.63) is 42.5 Å². The molecule has 2 saturated heterocycles. The number of hydrogen-bond acceptors (Lipinski definition) is 4. The minimum absolute atomic E-state index is 0.0895. The highest BCUT2D eigenvalue weighted by Gasteiger charge is 2.50. The van der Waals surface area contributed by atoms with Crippen molar-refractivity contribution in [1.29, 1.82) is 0 Å². The summed E-state index contributed by atoms with van der Waals surface area (Å²) in [6.45, 7) is 4.38. The second kappa shape index (κ2) is 4.08. The van der Waals surface area contributed by atoms with E-state index in [0.717, 1.165) is 0 Å². The van der Waals surface area contributed by atoms with Crippen LogP contribution < -0.4 is 10.6 Å². The fourth-order valence-corrected chi connectivity index (χ4v) is 2.50. The summed E-state index contributed by atoms with van der Waals surface area (Å²) < 4.78 is 7.72. The molecular formula is C13H14N4O2. The predicted molar refractivity (Wildman–Crippen MR) is 67.9 cm³/mol. The number of aromatic nitrogens is 1. The number of likely N-dealkylation sites (tertiary alicyclic amines) is 1. The summed E-state index contributed by atoms with van der Waals surface area (Å²) in [5, 5.41) is 5.64. The van der Waals surface area contributed by atoms with Gasteiger partial charge in [-0.3, -0.25) is 14.6 Å².